The summed E-state index contributed by atoms with van der Waals surface area (Å²) >= 11 is 0. The Balaban J connectivity index is 2.82. The van der Waals surface area contributed by atoms with Crippen molar-refractivity contribution in [1.82, 2.24) is 4.98 Å². The molecule has 1 aromatic rings. The Kier molecular flexibility index (Phi) is 2.57. The van der Waals surface area contributed by atoms with Crippen molar-refractivity contribution >= 4 is 12.2 Å². The van der Waals surface area contributed by atoms with Gasteiger partial charge in [0.2, 0.25) is 6.41 Å². The number of hydrogen-bond donors (Lipinski definition) is 0. The summed E-state index contributed by atoms with van der Waals surface area (Å²) in [6.07, 6.45) is 2.07. The fraction of sp³-hybridized carbons (Fsp3) is 0.143. The summed E-state index contributed by atoms with van der Waals surface area (Å²) < 4.78 is 0. The normalized spacial score (nSPS) is 9.18. The number of anilines is 1. The van der Waals surface area contributed by atoms with Gasteiger partial charge in [-0.05, 0) is 18.2 Å². The SMILES string of the molecule is CON(C=O)c1c[c]ccn1. The van der Waals surface area contributed by atoms with Crippen LogP contribution in [-0.4, -0.2) is 18.5 Å². The van der Waals surface area contributed by atoms with Crippen LogP contribution in [0.25, 0.3) is 0 Å². The van der Waals surface area contributed by atoms with Crippen LogP contribution in [0.5, 0.6) is 0 Å². The highest BCUT2D eigenvalue weighted by atomic mass is 16.7. The molecule has 0 saturated heterocycles. The Bertz CT molecular complexity index is 225. The molecular weight excluding hydrogens is 144 g/mol. The van der Waals surface area contributed by atoms with Gasteiger partial charge in [0.05, 0.1) is 7.11 Å². The Hall–Kier alpha value is -1.42. The van der Waals surface area contributed by atoms with E-state index in [0.717, 1.165) is 5.06 Å². The average molecular weight is 151 g/mol. The van der Waals surface area contributed by atoms with Crippen LogP contribution in [0.4, 0.5) is 5.82 Å². The smallest absolute Gasteiger partial charge is 0.239 e. The zero-order valence-corrected chi connectivity index (χ0v) is 6.02. The van der Waals surface area contributed by atoms with E-state index in [1.807, 2.05) is 0 Å². The molecule has 1 aromatic heterocycles. The van der Waals surface area contributed by atoms with E-state index in [4.69, 9.17) is 0 Å². The second kappa shape index (κ2) is 3.68. The first-order valence-electron chi connectivity index (χ1n) is 2.99. The molecule has 0 N–H and O–H groups in total. The van der Waals surface area contributed by atoms with E-state index in [2.05, 4.69) is 15.9 Å². The second-order valence-electron chi connectivity index (χ2n) is 1.73. The molecule has 1 radical (unpaired) electrons. The molecule has 0 atom stereocenters. The van der Waals surface area contributed by atoms with Gasteiger partial charge in [0.15, 0.2) is 5.82 Å². The number of pyridine rings is 1. The van der Waals surface area contributed by atoms with E-state index in [1.165, 1.54) is 13.3 Å². The third kappa shape index (κ3) is 1.75. The lowest BCUT2D eigenvalue weighted by Gasteiger charge is -2.10. The summed E-state index contributed by atoms with van der Waals surface area (Å²) in [7, 11) is 1.39. The molecule has 0 saturated carbocycles. The average Bonchev–Trinajstić information content (AvgIpc) is 2.09. The number of carbonyl (C=O) groups excluding carboxylic acids is 1. The van der Waals surface area contributed by atoms with Crippen LogP contribution in [0.3, 0.4) is 0 Å². The summed E-state index contributed by atoms with van der Waals surface area (Å²) in [5, 5.41) is 1.01. The zero-order chi connectivity index (χ0) is 8.10. The van der Waals surface area contributed by atoms with E-state index in [1.54, 1.807) is 12.1 Å². The largest absolute Gasteiger partial charge is 0.276 e. The molecular formula is C7H7N2O2. The van der Waals surface area contributed by atoms with Crippen molar-refractivity contribution in [2.24, 2.45) is 0 Å². The summed E-state index contributed by atoms with van der Waals surface area (Å²) in [5.74, 6) is 0.421. The maximum absolute atomic E-state index is 10.3. The zero-order valence-electron chi connectivity index (χ0n) is 6.02. The standard InChI is InChI=1S/C7H7N2O2/c1-11-9(6-10)7-4-2-3-5-8-7/h3-6H,1H3. The lowest BCUT2D eigenvalue weighted by molar-refractivity contribution is -0.112. The molecule has 0 aliphatic heterocycles. The fourth-order valence-corrected chi connectivity index (χ4v) is 0.628. The van der Waals surface area contributed by atoms with Crippen LogP contribution >= 0.6 is 0 Å². The lowest BCUT2D eigenvalue weighted by atomic mass is 10.5. The molecule has 4 nitrogen and oxygen atoms in total. The van der Waals surface area contributed by atoms with Crippen LogP contribution in [-0.2, 0) is 9.63 Å². The molecule has 11 heavy (non-hydrogen) atoms. The molecule has 1 heterocycles. The minimum atomic E-state index is 0.421. The number of carbonyl (C=O) groups is 1. The summed E-state index contributed by atoms with van der Waals surface area (Å²) in [6.45, 7) is 0. The molecule has 1 amide bonds. The van der Waals surface area contributed by atoms with Crippen molar-refractivity contribution in [3.8, 4) is 0 Å². The van der Waals surface area contributed by atoms with Crippen LogP contribution in [0.2, 0.25) is 0 Å². The third-order valence-electron chi connectivity index (χ3n) is 1.11. The van der Waals surface area contributed by atoms with Crippen molar-refractivity contribution in [2.75, 3.05) is 12.2 Å². The lowest BCUT2D eigenvalue weighted by Crippen LogP contribution is -2.19. The van der Waals surface area contributed by atoms with Crippen molar-refractivity contribution in [1.29, 1.82) is 0 Å². The van der Waals surface area contributed by atoms with Gasteiger partial charge in [-0.25, -0.2) is 4.98 Å². The van der Waals surface area contributed by atoms with Crippen LogP contribution in [0, 0.1) is 6.07 Å². The highest BCUT2D eigenvalue weighted by Gasteiger charge is 2.01. The molecule has 0 aliphatic rings. The van der Waals surface area contributed by atoms with Crippen molar-refractivity contribution < 1.29 is 9.63 Å². The van der Waals surface area contributed by atoms with Gasteiger partial charge in [-0.3, -0.25) is 9.63 Å². The summed E-state index contributed by atoms with van der Waals surface area (Å²) in [5.41, 5.74) is 0. The van der Waals surface area contributed by atoms with Gasteiger partial charge < -0.3 is 0 Å². The molecule has 0 bridgehead atoms. The molecule has 0 aliphatic carbocycles. The van der Waals surface area contributed by atoms with E-state index in [9.17, 15) is 4.79 Å². The molecule has 0 aromatic carbocycles. The maximum Gasteiger partial charge on any atom is 0.239 e. The van der Waals surface area contributed by atoms with Gasteiger partial charge in [0.1, 0.15) is 0 Å². The number of hydrogen-bond acceptors (Lipinski definition) is 3. The predicted molar refractivity (Wildman–Crippen MR) is 38.6 cm³/mol. The first kappa shape index (κ1) is 7.68. The van der Waals surface area contributed by atoms with E-state index < -0.39 is 0 Å². The van der Waals surface area contributed by atoms with Gasteiger partial charge in [-0.15, -0.1) is 0 Å². The van der Waals surface area contributed by atoms with Gasteiger partial charge >= 0.3 is 0 Å². The summed E-state index contributed by atoms with van der Waals surface area (Å²) in [6, 6.07) is 5.96. The molecule has 1 rings (SSSR count). The number of hydroxylamine groups is 1. The highest BCUT2D eigenvalue weighted by Crippen LogP contribution is 2.04. The van der Waals surface area contributed by atoms with Crippen LogP contribution in [0.15, 0.2) is 18.3 Å². The maximum atomic E-state index is 10.3. The van der Waals surface area contributed by atoms with Crippen molar-refractivity contribution in [3.63, 3.8) is 0 Å². The number of nitrogens with zero attached hydrogens (tertiary/aromatic N) is 2. The number of amides is 1. The van der Waals surface area contributed by atoms with E-state index in [0.29, 0.717) is 12.2 Å². The molecule has 0 spiro atoms. The van der Waals surface area contributed by atoms with Crippen molar-refractivity contribution in [2.45, 2.75) is 0 Å². The molecule has 0 fully saturated rings. The van der Waals surface area contributed by atoms with Crippen molar-refractivity contribution in [3.05, 3.63) is 24.4 Å². The van der Waals surface area contributed by atoms with Crippen LogP contribution in [0.1, 0.15) is 0 Å². The Morgan fingerprint density at radius 2 is 2.64 bits per heavy atom. The van der Waals surface area contributed by atoms with E-state index in [-0.39, 0.29) is 0 Å². The van der Waals surface area contributed by atoms with Gasteiger partial charge in [0.25, 0.3) is 0 Å². The van der Waals surface area contributed by atoms with Gasteiger partial charge in [-0.2, -0.15) is 5.06 Å². The minimum Gasteiger partial charge on any atom is -0.276 e. The van der Waals surface area contributed by atoms with E-state index >= 15 is 0 Å². The first-order valence-corrected chi connectivity index (χ1v) is 2.99. The van der Waals surface area contributed by atoms with Crippen LogP contribution < -0.4 is 5.06 Å². The number of aromatic nitrogens is 1. The quantitative estimate of drug-likeness (QED) is 0.464. The summed E-state index contributed by atoms with van der Waals surface area (Å²) in [4.78, 5) is 18.8. The first-order chi connectivity index (χ1) is 5.38. The number of rotatable bonds is 3. The van der Waals surface area contributed by atoms with Gasteiger partial charge in [-0.1, -0.05) is 0 Å². The third-order valence-corrected chi connectivity index (χ3v) is 1.11. The fourth-order valence-electron chi connectivity index (χ4n) is 0.628. The topological polar surface area (TPSA) is 42.4 Å². The second-order valence-corrected chi connectivity index (χ2v) is 1.73. The van der Waals surface area contributed by atoms with Gasteiger partial charge in [0, 0.05) is 6.20 Å². The monoisotopic (exact) mass is 151 g/mol. The Morgan fingerprint density at radius 1 is 1.82 bits per heavy atom. The Morgan fingerprint density at radius 3 is 3.09 bits per heavy atom. The molecule has 0 unspecified atom stereocenters. The highest BCUT2D eigenvalue weighted by molar-refractivity contribution is 5.69. The molecule has 4 heteroatoms. The predicted octanol–water partition coefficient (Wildman–Crippen LogP) is 0.406. The molecule has 57 valence electrons. The minimum absolute atomic E-state index is 0.421. The Labute approximate surface area is 64.4 Å².